The summed E-state index contributed by atoms with van der Waals surface area (Å²) >= 11 is 0. The minimum absolute atomic E-state index is 0.245. The lowest BCUT2D eigenvalue weighted by molar-refractivity contribution is -0.144. The Morgan fingerprint density at radius 3 is 2.30 bits per heavy atom. The van der Waals surface area contributed by atoms with Crippen molar-refractivity contribution in [3.05, 3.63) is 23.8 Å². The van der Waals surface area contributed by atoms with Gasteiger partial charge in [-0.1, -0.05) is 39.0 Å². The van der Waals surface area contributed by atoms with Gasteiger partial charge in [-0.05, 0) is 45.9 Å². The Balaban J connectivity index is 0.00000232. The molecule has 1 heterocycles. The van der Waals surface area contributed by atoms with Gasteiger partial charge in [-0.15, -0.1) is 0 Å². The van der Waals surface area contributed by atoms with Gasteiger partial charge >= 0.3 is 0 Å². The number of carbonyl (C=O) groups is 1. The Bertz CT molecular complexity index is 385. The van der Waals surface area contributed by atoms with E-state index in [9.17, 15) is 4.79 Å². The van der Waals surface area contributed by atoms with E-state index in [4.69, 9.17) is 4.74 Å². The van der Waals surface area contributed by atoms with Crippen LogP contribution in [0.25, 0.3) is 0 Å². The van der Waals surface area contributed by atoms with Gasteiger partial charge < -0.3 is 15.0 Å². The van der Waals surface area contributed by atoms with Crippen molar-refractivity contribution in [1.29, 1.82) is 0 Å². The molecule has 0 spiro atoms. The first-order valence-corrected chi connectivity index (χ1v) is 8.97. The van der Waals surface area contributed by atoms with E-state index in [0.717, 1.165) is 25.0 Å². The van der Waals surface area contributed by atoms with Crippen LogP contribution in [0.5, 0.6) is 0 Å². The van der Waals surface area contributed by atoms with Gasteiger partial charge in [0, 0.05) is 13.1 Å². The molecule has 0 aromatic carbocycles. The molecule has 1 fully saturated rings. The van der Waals surface area contributed by atoms with Crippen LogP contribution in [0.4, 0.5) is 0 Å². The van der Waals surface area contributed by atoms with Gasteiger partial charge in [0.05, 0.1) is 18.6 Å². The average Bonchev–Trinajstić information content (AvgIpc) is 2.63. The number of carbonyl (C=O) groups excluding carboxylic acids is 1. The molecule has 1 atom stereocenters. The fraction of sp³-hybridized carbons (Fsp3) is 0.737. The molecule has 0 radical (unpaired) electrons. The van der Waals surface area contributed by atoms with Crippen LogP contribution in [0.3, 0.4) is 0 Å². The monoisotopic (exact) mass is 324 g/mol. The van der Waals surface area contributed by atoms with Gasteiger partial charge in [0.2, 0.25) is 5.91 Å². The molecule has 1 amide bonds. The molecule has 1 rings (SSSR count). The van der Waals surface area contributed by atoms with Crippen molar-refractivity contribution in [1.82, 2.24) is 10.2 Å². The van der Waals surface area contributed by atoms with E-state index in [0.29, 0.717) is 26.3 Å². The number of nitrogens with one attached hydrogen (secondary N) is 1. The fourth-order valence-corrected chi connectivity index (χ4v) is 3.03. The maximum atomic E-state index is 13.2. The van der Waals surface area contributed by atoms with Crippen LogP contribution in [0.2, 0.25) is 0 Å². The predicted octanol–water partition coefficient (Wildman–Crippen LogP) is 3.40. The molecule has 0 saturated carbocycles. The third-order valence-electron chi connectivity index (χ3n) is 4.32. The van der Waals surface area contributed by atoms with E-state index in [-0.39, 0.29) is 5.91 Å². The Hall–Kier alpha value is -1.13. The smallest absolute Gasteiger partial charge is 0.233 e. The van der Waals surface area contributed by atoms with Crippen LogP contribution in [0.15, 0.2) is 23.8 Å². The summed E-state index contributed by atoms with van der Waals surface area (Å²) in [6.45, 7) is 13.7. The van der Waals surface area contributed by atoms with Crippen LogP contribution in [-0.4, -0.2) is 50.7 Å². The van der Waals surface area contributed by atoms with Crippen molar-refractivity contribution < 1.29 is 9.53 Å². The van der Waals surface area contributed by atoms with Crippen LogP contribution >= 0.6 is 0 Å². The van der Waals surface area contributed by atoms with E-state index in [1.54, 1.807) is 0 Å². The summed E-state index contributed by atoms with van der Waals surface area (Å²) in [6, 6.07) is 0. The summed E-state index contributed by atoms with van der Waals surface area (Å²) < 4.78 is 5.38. The Morgan fingerprint density at radius 1 is 1.26 bits per heavy atom. The van der Waals surface area contributed by atoms with E-state index in [1.807, 2.05) is 45.7 Å². The summed E-state index contributed by atoms with van der Waals surface area (Å²) in [7, 11) is 1.94. The number of ether oxygens (including phenoxy) is 1. The lowest BCUT2D eigenvalue weighted by atomic mass is 9.73. The quantitative estimate of drug-likeness (QED) is 0.730. The van der Waals surface area contributed by atoms with Gasteiger partial charge in [0.15, 0.2) is 0 Å². The summed E-state index contributed by atoms with van der Waals surface area (Å²) in [6.07, 6.45) is 7.82. The average molecular weight is 325 g/mol. The van der Waals surface area contributed by atoms with Gasteiger partial charge in [-0.25, -0.2) is 0 Å². The zero-order valence-corrected chi connectivity index (χ0v) is 15.9. The van der Waals surface area contributed by atoms with Crippen molar-refractivity contribution in [2.45, 2.75) is 47.5 Å². The van der Waals surface area contributed by atoms with E-state index < -0.39 is 5.41 Å². The highest BCUT2D eigenvalue weighted by Gasteiger charge is 2.41. The number of amides is 1. The lowest BCUT2D eigenvalue weighted by Crippen LogP contribution is -2.50. The van der Waals surface area contributed by atoms with Crippen molar-refractivity contribution in [3.8, 4) is 0 Å². The molecule has 1 aliphatic heterocycles. The van der Waals surface area contributed by atoms with Gasteiger partial charge in [-0.2, -0.15) is 0 Å². The summed E-state index contributed by atoms with van der Waals surface area (Å²) in [5, 5.41) is 3.19. The maximum absolute atomic E-state index is 13.2. The second-order valence-electron chi connectivity index (χ2n) is 5.44. The zero-order chi connectivity index (χ0) is 17.7. The molecule has 1 N–H and O–H groups in total. The normalized spacial score (nSPS) is 18.3. The molecule has 0 aliphatic carbocycles. The summed E-state index contributed by atoms with van der Waals surface area (Å²) in [4.78, 5) is 15.2. The number of allylic oxidation sites excluding steroid dienone is 3. The topological polar surface area (TPSA) is 41.6 Å². The van der Waals surface area contributed by atoms with E-state index >= 15 is 0 Å². The van der Waals surface area contributed by atoms with E-state index in [1.165, 1.54) is 0 Å². The molecular formula is C19H36N2O2. The summed E-state index contributed by atoms with van der Waals surface area (Å²) in [5.74, 6) is 0.245. The highest BCUT2D eigenvalue weighted by molar-refractivity contribution is 5.86. The molecule has 1 saturated heterocycles. The molecule has 4 heteroatoms. The zero-order valence-electron chi connectivity index (χ0n) is 15.9. The lowest BCUT2D eigenvalue weighted by Gasteiger charge is -2.39. The first-order valence-electron chi connectivity index (χ1n) is 8.97. The number of morpholine rings is 1. The third-order valence-corrected chi connectivity index (χ3v) is 4.32. The van der Waals surface area contributed by atoms with Crippen LogP contribution < -0.4 is 5.32 Å². The third kappa shape index (κ3) is 5.78. The number of hydrogen-bond donors (Lipinski definition) is 1. The van der Waals surface area contributed by atoms with E-state index in [2.05, 4.69) is 24.4 Å². The Morgan fingerprint density at radius 2 is 1.87 bits per heavy atom. The number of hydrogen-bond acceptors (Lipinski definition) is 3. The van der Waals surface area contributed by atoms with Crippen molar-refractivity contribution >= 4 is 5.91 Å². The first-order chi connectivity index (χ1) is 11.2. The second-order valence-corrected chi connectivity index (χ2v) is 5.44. The molecule has 0 aromatic rings. The Labute approximate surface area is 143 Å². The SMILES string of the molecule is C/C=C\C(=C/C)C(CC)(CCNC)C(=O)N1CCOCC1.CC. The highest BCUT2D eigenvalue weighted by Crippen LogP contribution is 2.38. The molecule has 1 unspecified atom stereocenters. The molecule has 134 valence electrons. The predicted molar refractivity (Wildman–Crippen MR) is 98.6 cm³/mol. The molecule has 4 nitrogen and oxygen atoms in total. The van der Waals surface area contributed by atoms with Crippen molar-refractivity contribution in [3.63, 3.8) is 0 Å². The highest BCUT2D eigenvalue weighted by atomic mass is 16.5. The second kappa shape index (κ2) is 12.3. The maximum Gasteiger partial charge on any atom is 0.233 e. The molecule has 0 aromatic heterocycles. The number of nitrogens with zero attached hydrogens (tertiary/aromatic N) is 1. The van der Waals surface area contributed by atoms with Crippen LogP contribution in [-0.2, 0) is 9.53 Å². The first kappa shape index (κ1) is 21.9. The van der Waals surface area contributed by atoms with Crippen molar-refractivity contribution in [2.75, 3.05) is 39.9 Å². The minimum Gasteiger partial charge on any atom is -0.378 e. The number of rotatable bonds is 7. The minimum atomic E-state index is -0.429. The van der Waals surface area contributed by atoms with Gasteiger partial charge in [0.25, 0.3) is 0 Å². The summed E-state index contributed by atoms with van der Waals surface area (Å²) in [5.41, 5.74) is 0.695. The molecular weight excluding hydrogens is 288 g/mol. The molecule has 1 aliphatic rings. The fourth-order valence-electron chi connectivity index (χ4n) is 3.03. The van der Waals surface area contributed by atoms with Gasteiger partial charge in [-0.3, -0.25) is 4.79 Å². The molecule has 23 heavy (non-hydrogen) atoms. The van der Waals surface area contributed by atoms with Crippen LogP contribution in [0, 0.1) is 5.41 Å². The van der Waals surface area contributed by atoms with Crippen molar-refractivity contribution in [2.24, 2.45) is 5.41 Å². The Kier molecular flexibility index (Phi) is 11.7. The molecule has 0 bridgehead atoms. The van der Waals surface area contributed by atoms with Crippen LogP contribution in [0.1, 0.15) is 47.5 Å². The standard InChI is InChI=1S/C17H30N2O2.C2H6/c1-5-8-15(6-2)17(7-3,9-10-18-4)16(20)19-11-13-21-14-12-19;1-2/h5-6,8,18H,7,9-14H2,1-4H3;1-2H3/b8-5-,15-6+;. The largest absolute Gasteiger partial charge is 0.378 e. The van der Waals surface area contributed by atoms with Gasteiger partial charge in [0.1, 0.15) is 0 Å².